The van der Waals surface area contributed by atoms with Crippen LogP contribution >= 0.6 is 0 Å². The highest BCUT2D eigenvalue weighted by Crippen LogP contribution is 2.24. The van der Waals surface area contributed by atoms with Crippen molar-refractivity contribution in [3.05, 3.63) is 58.9 Å². The second kappa shape index (κ2) is 9.36. The van der Waals surface area contributed by atoms with Crippen molar-refractivity contribution < 1.29 is 27.2 Å². The molecule has 0 unspecified atom stereocenters. The van der Waals surface area contributed by atoms with Crippen LogP contribution in [-0.2, 0) is 10.2 Å². The predicted molar refractivity (Wildman–Crippen MR) is 112 cm³/mol. The molecule has 0 radical (unpaired) electrons. The van der Waals surface area contributed by atoms with Gasteiger partial charge in [-0.05, 0) is 42.2 Å². The van der Waals surface area contributed by atoms with Gasteiger partial charge >= 0.3 is 6.18 Å². The van der Waals surface area contributed by atoms with E-state index >= 15 is 0 Å². The Morgan fingerprint density at radius 3 is 2.16 bits per heavy atom. The Morgan fingerprint density at radius 1 is 1.00 bits per heavy atom. The number of alkyl halides is 3. The normalized spacial score (nSPS) is 11.7. The van der Waals surface area contributed by atoms with Crippen molar-refractivity contribution in [3.8, 4) is 0 Å². The lowest BCUT2D eigenvalue weighted by Gasteiger charge is -2.19. The first-order chi connectivity index (χ1) is 14.3. The van der Waals surface area contributed by atoms with Gasteiger partial charge in [0.1, 0.15) is 12.4 Å². The molecular formula is C22H25F4N3O2. The van der Waals surface area contributed by atoms with E-state index in [1.165, 1.54) is 13.0 Å². The van der Waals surface area contributed by atoms with E-state index in [-0.39, 0.29) is 28.8 Å². The molecule has 2 rings (SSSR count). The van der Waals surface area contributed by atoms with E-state index in [9.17, 15) is 27.2 Å². The zero-order valence-corrected chi connectivity index (χ0v) is 17.7. The number of hydrogen-bond acceptors (Lipinski definition) is 3. The van der Waals surface area contributed by atoms with Crippen molar-refractivity contribution in [2.24, 2.45) is 0 Å². The standard InChI is InChI=1S/C22H25F4N3O2/c1-13-17(23)9-14(20(31)28-12-22(24,25)26)10-18(13)27-11-19(30)29-16-7-5-15(6-8-16)21(2,3)4/h5-10,27H,11-12H2,1-4H3,(H,28,31)(H,29,30). The van der Waals surface area contributed by atoms with Crippen LogP contribution in [0.15, 0.2) is 36.4 Å². The van der Waals surface area contributed by atoms with E-state index in [0.29, 0.717) is 5.69 Å². The molecule has 0 fully saturated rings. The highest BCUT2D eigenvalue weighted by atomic mass is 19.4. The van der Waals surface area contributed by atoms with Crippen molar-refractivity contribution in [3.63, 3.8) is 0 Å². The van der Waals surface area contributed by atoms with Crippen LogP contribution in [0.1, 0.15) is 42.3 Å². The first-order valence-corrected chi connectivity index (χ1v) is 9.55. The van der Waals surface area contributed by atoms with Gasteiger partial charge in [0.05, 0.1) is 6.54 Å². The number of carbonyl (C=O) groups excluding carboxylic acids is 2. The summed E-state index contributed by atoms with van der Waals surface area (Å²) in [6, 6.07) is 9.42. The number of carbonyl (C=O) groups is 2. The number of nitrogens with one attached hydrogen (secondary N) is 3. The maximum absolute atomic E-state index is 14.1. The third kappa shape index (κ3) is 7.27. The van der Waals surface area contributed by atoms with Gasteiger partial charge in [-0.3, -0.25) is 9.59 Å². The number of hydrogen-bond donors (Lipinski definition) is 3. The Bertz CT molecular complexity index is 949. The molecule has 2 aromatic rings. The minimum atomic E-state index is -4.58. The van der Waals surface area contributed by atoms with Gasteiger partial charge in [-0.1, -0.05) is 32.9 Å². The summed E-state index contributed by atoms with van der Waals surface area (Å²) in [5, 5.41) is 7.11. The van der Waals surface area contributed by atoms with E-state index < -0.39 is 30.4 Å². The fraction of sp³-hybridized carbons (Fsp3) is 0.364. The molecular weight excluding hydrogens is 414 g/mol. The summed E-state index contributed by atoms with van der Waals surface area (Å²) in [6.07, 6.45) is -4.58. The Morgan fingerprint density at radius 2 is 1.61 bits per heavy atom. The lowest BCUT2D eigenvalue weighted by Crippen LogP contribution is -2.33. The minimum absolute atomic E-state index is 0.0247. The van der Waals surface area contributed by atoms with Gasteiger partial charge in [0.15, 0.2) is 0 Å². The topological polar surface area (TPSA) is 70.2 Å². The Hall–Kier alpha value is -3.10. The van der Waals surface area contributed by atoms with Gasteiger partial charge < -0.3 is 16.0 Å². The van der Waals surface area contributed by atoms with Crippen molar-refractivity contribution in [1.29, 1.82) is 0 Å². The van der Waals surface area contributed by atoms with Crippen molar-refractivity contribution in [2.75, 3.05) is 23.7 Å². The fourth-order valence-corrected chi connectivity index (χ4v) is 2.71. The molecule has 2 aromatic carbocycles. The lowest BCUT2D eigenvalue weighted by molar-refractivity contribution is -0.123. The number of amides is 2. The average molecular weight is 439 g/mol. The molecule has 9 heteroatoms. The molecule has 0 heterocycles. The van der Waals surface area contributed by atoms with Crippen LogP contribution in [0.4, 0.5) is 28.9 Å². The smallest absolute Gasteiger partial charge is 0.376 e. The molecule has 0 aromatic heterocycles. The number of benzene rings is 2. The minimum Gasteiger partial charge on any atom is -0.376 e. The number of anilines is 2. The van der Waals surface area contributed by atoms with Crippen LogP contribution in [0.25, 0.3) is 0 Å². The van der Waals surface area contributed by atoms with E-state index in [2.05, 4.69) is 31.4 Å². The maximum atomic E-state index is 14.1. The first kappa shape index (κ1) is 24.2. The van der Waals surface area contributed by atoms with Gasteiger partial charge in [-0.2, -0.15) is 13.2 Å². The molecule has 168 valence electrons. The molecule has 5 nitrogen and oxygen atoms in total. The van der Waals surface area contributed by atoms with E-state index in [4.69, 9.17) is 0 Å². The third-order valence-electron chi connectivity index (χ3n) is 4.53. The molecule has 2 amide bonds. The van der Waals surface area contributed by atoms with Gasteiger partial charge in [-0.25, -0.2) is 4.39 Å². The molecule has 0 aliphatic rings. The van der Waals surface area contributed by atoms with E-state index in [1.807, 2.05) is 12.1 Å². The van der Waals surface area contributed by atoms with Gasteiger partial charge in [0.2, 0.25) is 5.91 Å². The third-order valence-corrected chi connectivity index (χ3v) is 4.53. The predicted octanol–water partition coefficient (Wildman–Crippen LogP) is 4.77. The van der Waals surface area contributed by atoms with Gasteiger partial charge in [0, 0.05) is 22.5 Å². The lowest BCUT2D eigenvalue weighted by atomic mass is 9.87. The van der Waals surface area contributed by atoms with Gasteiger partial charge in [0.25, 0.3) is 5.91 Å². The van der Waals surface area contributed by atoms with Crippen LogP contribution in [0.3, 0.4) is 0 Å². The van der Waals surface area contributed by atoms with Crippen LogP contribution < -0.4 is 16.0 Å². The molecule has 0 aliphatic carbocycles. The highest BCUT2D eigenvalue weighted by molar-refractivity contribution is 5.96. The molecule has 3 N–H and O–H groups in total. The molecule has 31 heavy (non-hydrogen) atoms. The van der Waals surface area contributed by atoms with Crippen molar-refractivity contribution in [2.45, 2.75) is 39.3 Å². The second-order valence-corrected chi connectivity index (χ2v) is 8.16. The molecule has 0 saturated heterocycles. The SMILES string of the molecule is Cc1c(F)cc(C(=O)NCC(F)(F)F)cc1NCC(=O)Nc1ccc(C(C)(C)C)cc1. The summed E-state index contributed by atoms with van der Waals surface area (Å²) >= 11 is 0. The van der Waals surface area contributed by atoms with Crippen LogP contribution in [0.5, 0.6) is 0 Å². The molecule has 0 atom stereocenters. The van der Waals surface area contributed by atoms with Crippen LogP contribution in [-0.4, -0.2) is 31.1 Å². The molecule has 0 saturated carbocycles. The van der Waals surface area contributed by atoms with Crippen LogP contribution in [0, 0.1) is 12.7 Å². The van der Waals surface area contributed by atoms with Crippen molar-refractivity contribution in [1.82, 2.24) is 5.32 Å². The summed E-state index contributed by atoms with van der Waals surface area (Å²) in [4.78, 5) is 24.1. The Labute approximate surface area is 178 Å². The zero-order valence-electron chi connectivity index (χ0n) is 17.7. The Balaban J connectivity index is 2.03. The quantitative estimate of drug-likeness (QED) is 0.568. The first-order valence-electron chi connectivity index (χ1n) is 9.55. The van der Waals surface area contributed by atoms with Crippen molar-refractivity contribution >= 4 is 23.2 Å². The monoisotopic (exact) mass is 439 g/mol. The second-order valence-electron chi connectivity index (χ2n) is 8.16. The fourth-order valence-electron chi connectivity index (χ4n) is 2.71. The van der Waals surface area contributed by atoms with Gasteiger partial charge in [-0.15, -0.1) is 0 Å². The number of rotatable bonds is 6. The molecule has 0 aliphatic heterocycles. The maximum Gasteiger partial charge on any atom is 0.405 e. The summed E-state index contributed by atoms with van der Waals surface area (Å²) in [6.45, 7) is 5.89. The summed E-state index contributed by atoms with van der Waals surface area (Å²) in [7, 11) is 0. The molecule has 0 bridgehead atoms. The Kier molecular flexibility index (Phi) is 7.30. The largest absolute Gasteiger partial charge is 0.405 e. The van der Waals surface area contributed by atoms with E-state index in [0.717, 1.165) is 11.6 Å². The summed E-state index contributed by atoms with van der Waals surface area (Å²) in [5.41, 5.74) is 1.65. The van der Waals surface area contributed by atoms with E-state index in [1.54, 1.807) is 17.4 Å². The van der Waals surface area contributed by atoms with Crippen LogP contribution in [0.2, 0.25) is 0 Å². The summed E-state index contributed by atoms with van der Waals surface area (Å²) < 4.78 is 51.0. The number of halogens is 4. The average Bonchev–Trinajstić information content (AvgIpc) is 2.66. The highest BCUT2D eigenvalue weighted by Gasteiger charge is 2.28. The summed E-state index contributed by atoms with van der Waals surface area (Å²) in [5.74, 6) is -2.25. The molecule has 0 spiro atoms. The zero-order chi connectivity index (χ0) is 23.4.